The summed E-state index contributed by atoms with van der Waals surface area (Å²) in [7, 11) is 1.94. The summed E-state index contributed by atoms with van der Waals surface area (Å²) in [5, 5.41) is 4.29. The van der Waals surface area contributed by atoms with Gasteiger partial charge in [0.15, 0.2) is 0 Å². The predicted molar refractivity (Wildman–Crippen MR) is 59.4 cm³/mol. The maximum atomic E-state index is 5.78. The Hall–Kier alpha value is -1.84. The van der Waals surface area contributed by atoms with Crippen molar-refractivity contribution in [3.63, 3.8) is 0 Å². The van der Waals surface area contributed by atoms with Crippen LogP contribution in [0, 0.1) is 6.92 Å². The zero-order valence-electron chi connectivity index (χ0n) is 8.94. The molecule has 0 unspecified atom stereocenters. The summed E-state index contributed by atoms with van der Waals surface area (Å²) < 4.78 is 1.88. The molecular weight excluding hydrogens is 188 g/mol. The normalized spacial score (nSPS) is 10.5. The third-order valence-corrected chi connectivity index (χ3v) is 2.40. The summed E-state index contributed by atoms with van der Waals surface area (Å²) in [6, 6.07) is 5.95. The Morgan fingerprint density at radius 3 is 2.87 bits per heavy atom. The second kappa shape index (κ2) is 3.73. The zero-order valence-corrected chi connectivity index (χ0v) is 8.94. The lowest BCUT2D eigenvalue weighted by molar-refractivity contribution is 0.716. The van der Waals surface area contributed by atoms with Crippen molar-refractivity contribution < 1.29 is 0 Å². The minimum Gasteiger partial charge on any atom is -0.383 e. The molecule has 2 heterocycles. The SMILES string of the molecule is Cc1cc(Cc2cccnc2N)n(C)n1. The van der Waals surface area contributed by atoms with Crippen LogP contribution in [0.2, 0.25) is 0 Å². The van der Waals surface area contributed by atoms with Gasteiger partial charge in [-0.15, -0.1) is 0 Å². The Labute approximate surface area is 88.8 Å². The van der Waals surface area contributed by atoms with Crippen LogP contribution < -0.4 is 5.73 Å². The lowest BCUT2D eigenvalue weighted by Crippen LogP contribution is -2.02. The minimum atomic E-state index is 0.594. The maximum absolute atomic E-state index is 5.78. The van der Waals surface area contributed by atoms with Gasteiger partial charge in [0, 0.05) is 30.9 Å². The molecule has 2 aromatic heterocycles. The van der Waals surface area contributed by atoms with Crippen LogP contribution >= 0.6 is 0 Å². The predicted octanol–water partition coefficient (Wildman–Crippen LogP) is 1.30. The first-order chi connectivity index (χ1) is 7.16. The van der Waals surface area contributed by atoms with Gasteiger partial charge in [-0.2, -0.15) is 5.10 Å². The molecule has 0 fully saturated rings. The first-order valence-electron chi connectivity index (χ1n) is 4.85. The number of aromatic nitrogens is 3. The molecule has 0 amide bonds. The summed E-state index contributed by atoms with van der Waals surface area (Å²) in [6.45, 7) is 1.98. The number of nitrogens with zero attached hydrogens (tertiary/aromatic N) is 3. The van der Waals surface area contributed by atoms with Crippen LogP contribution in [0.25, 0.3) is 0 Å². The molecule has 78 valence electrons. The first kappa shape index (κ1) is 9.71. The molecule has 0 atom stereocenters. The second-order valence-corrected chi connectivity index (χ2v) is 3.63. The van der Waals surface area contributed by atoms with Gasteiger partial charge < -0.3 is 5.73 Å². The Bertz CT molecular complexity index is 473. The maximum Gasteiger partial charge on any atom is 0.126 e. The fourth-order valence-corrected chi connectivity index (χ4v) is 1.63. The van der Waals surface area contributed by atoms with E-state index in [1.165, 1.54) is 0 Å². The number of aryl methyl sites for hydroxylation is 2. The van der Waals surface area contributed by atoms with E-state index in [2.05, 4.69) is 16.1 Å². The molecule has 0 aliphatic carbocycles. The molecule has 0 radical (unpaired) electrons. The highest BCUT2D eigenvalue weighted by Crippen LogP contribution is 2.13. The van der Waals surface area contributed by atoms with E-state index in [0.717, 1.165) is 23.4 Å². The molecular formula is C11H14N4. The van der Waals surface area contributed by atoms with Crippen LogP contribution in [0.15, 0.2) is 24.4 Å². The Kier molecular flexibility index (Phi) is 2.41. The number of hydrogen-bond donors (Lipinski definition) is 1. The molecule has 4 nitrogen and oxygen atoms in total. The smallest absolute Gasteiger partial charge is 0.126 e. The topological polar surface area (TPSA) is 56.7 Å². The number of pyridine rings is 1. The van der Waals surface area contributed by atoms with Gasteiger partial charge >= 0.3 is 0 Å². The summed E-state index contributed by atoms with van der Waals surface area (Å²) in [5.74, 6) is 0.594. The highest BCUT2D eigenvalue weighted by atomic mass is 15.3. The van der Waals surface area contributed by atoms with Crippen molar-refractivity contribution in [1.29, 1.82) is 0 Å². The zero-order chi connectivity index (χ0) is 10.8. The average molecular weight is 202 g/mol. The van der Waals surface area contributed by atoms with Crippen LogP contribution in [-0.4, -0.2) is 14.8 Å². The van der Waals surface area contributed by atoms with Gasteiger partial charge in [0.2, 0.25) is 0 Å². The van der Waals surface area contributed by atoms with Crippen LogP contribution in [0.3, 0.4) is 0 Å². The van der Waals surface area contributed by atoms with E-state index >= 15 is 0 Å². The highest BCUT2D eigenvalue weighted by Gasteiger charge is 2.05. The van der Waals surface area contributed by atoms with E-state index in [4.69, 9.17) is 5.73 Å². The number of hydrogen-bond acceptors (Lipinski definition) is 3. The van der Waals surface area contributed by atoms with Gasteiger partial charge in [-0.25, -0.2) is 4.98 Å². The van der Waals surface area contributed by atoms with Crippen LogP contribution in [0.1, 0.15) is 17.0 Å². The van der Waals surface area contributed by atoms with Crippen molar-refractivity contribution in [2.75, 3.05) is 5.73 Å². The second-order valence-electron chi connectivity index (χ2n) is 3.63. The monoisotopic (exact) mass is 202 g/mol. The van der Waals surface area contributed by atoms with Gasteiger partial charge in [0.05, 0.1) is 5.69 Å². The fraction of sp³-hybridized carbons (Fsp3) is 0.273. The number of anilines is 1. The van der Waals surface area contributed by atoms with Gasteiger partial charge in [0.25, 0.3) is 0 Å². The molecule has 15 heavy (non-hydrogen) atoms. The number of nitrogen functional groups attached to an aromatic ring is 1. The van der Waals surface area contributed by atoms with Gasteiger partial charge in [-0.1, -0.05) is 6.07 Å². The standard InChI is InChI=1S/C11H14N4/c1-8-6-10(15(2)14-8)7-9-4-3-5-13-11(9)12/h3-6H,7H2,1-2H3,(H2,12,13). The van der Waals surface area contributed by atoms with Gasteiger partial charge in [-0.05, 0) is 19.1 Å². The molecule has 0 bridgehead atoms. The molecule has 0 aliphatic heterocycles. The highest BCUT2D eigenvalue weighted by molar-refractivity contribution is 5.40. The molecule has 0 spiro atoms. The molecule has 0 aliphatic rings. The lowest BCUT2D eigenvalue weighted by Gasteiger charge is -2.04. The summed E-state index contributed by atoms with van der Waals surface area (Å²) in [4.78, 5) is 4.06. The molecule has 0 aromatic carbocycles. The van der Waals surface area contributed by atoms with Crippen molar-refractivity contribution in [2.45, 2.75) is 13.3 Å². The Morgan fingerprint density at radius 2 is 2.27 bits per heavy atom. The molecule has 2 rings (SSSR count). The average Bonchev–Trinajstić information content (AvgIpc) is 2.49. The van der Waals surface area contributed by atoms with E-state index < -0.39 is 0 Å². The first-order valence-corrected chi connectivity index (χ1v) is 4.85. The molecule has 0 saturated carbocycles. The quantitative estimate of drug-likeness (QED) is 0.798. The Balaban J connectivity index is 2.29. The van der Waals surface area contributed by atoms with Crippen LogP contribution in [-0.2, 0) is 13.5 Å². The molecule has 2 N–H and O–H groups in total. The summed E-state index contributed by atoms with van der Waals surface area (Å²) in [6.07, 6.45) is 2.48. The van der Waals surface area contributed by atoms with E-state index in [1.807, 2.05) is 30.8 Å². The van der Waals surface area contributed by atoms with E-state index in [1.54, 1.807) is 6.20 Å². The largest absolute Gasteiger partial charge is 0.383 e. The summed E-state index contributed by atoms with van der Waals surface area (Å²) >= 11 is 0. The van der Waals surface area contributed by atoms with E-state index in [0.29, 0.717) is 5.82 Å². The molecule has 2 aromatic rings. The summed E-state index contributed by atoms with van der Waals surface area (Å²) in [5.41, 5.74) is 9.00. The van der Waals surface area contributed by atoms with Gasteiger partial charge in [-0.3, -0.25) is 4.68 Å². The van der Waals surface area contributed by atoms with E-state index in [9.17, 15) is 0 Å². The molecule has 4 heteroatoms. The number of nitrogens with two attached hydrogens (primary N) is 1. The van der Waals surface area contributed by atoms with E-state index in [-0.39, 0.29) is 0 Å². The lowest BCUT2D eigenvalue weighted by atomic mass is 10.1. The fourth-order valence-electron chi connectivity index (χ4n) is 1.63. The van der Waals surface area contributed by atoms with Crippen molar-refractivity contribution in [1.82, 2.24) is 14.8 Å². The molecule has 0 saturated heterocycles. The third kappa shape index (κ3) is 1.98. The van der Waals surface area contributed by atoms with Crippen LogP contribution in [0.4, 0.5) is 5.82 Å². The Morgan fingerprint density at radius 1 is 1.47 bits per heavy atom. The van der Waals surface area contributed by atoms with Crippen molar-refractivity contribution >= 4 is 5.82 Å². The van der Waals surface area contributed by atoms with Crippen molar-refractivity contribution in [3.8, 4) is 0 Å². The van der Waals surface area contributed by atoms with Crippen molar-refractivity contribution in [2.24, 2.45) is 7.05 Å². The third-order valence-electron chi connectivity index (χ3n) is 2.40. The van der Waals surface area contributed by atoms with Crippen LogP contribution in [0.5, 0.6) is 0 Å². The minimum absolute atomic E-state index is 0.594. The van der Waals surface area contributed by atoms with Gasteiger partial charge in [0.1, 0.15) is 5.82 Å². The number of rotatable bonds is 2. The van der Waals surface area contributed by atoms with Crippen molar-refractivity contribution in [3.05, 3.63) is 41.3 Å².